The molecule has 2 aliphatic rings. The Morgan fingerprint density at radius 1 is 1.09 bits per heavy atom. The number of hydrogen-bond donors (Lipinski definition) is 3. The Kier molecular flexibility index (Phi) is 6.25. The highest BCUT2D eigenvalue weighted by molar-refractivity contribution is 14.1. The largest absolute Gasteiger partial charge is 0.378 e. The smallest absolute Gasteiger partial charge is 0.227 e. The first-order valence-electron chi connectivity index (χ1n) is 11.7. The third-order valence-corrected chi connectivity index (χ3v) is 7.05. The van der Waals surface area contributed by atoms with Gasteiger partial charge in [0.25, 0.3) is 0 Å². The van der Waals surface area contributed by atoms with Crippen LogP contribution in [-0.4, -0.2) is 51.6 Å². The zero-order chi connectivity index (χ0) is 23.6. The summed E-state index contributed by atoms with van der Waals surface area (Å²) in [4.78, 5) is 11.8. The maximum atomic E-state index is 5.54. The van der Waals surface area contributed by atoms with Crippen LogP contribution in [-0.2, 0) is 11.3 Å². The second kappa shape index (κ2) is 9.82. The summed E-state index contributed by atoms with van der Waals surface area (Å²) in [6.45, 7) is 3.33. The minimum Gasteiger partial charge on any atom is -0.378 e. The monoisotopic (exact) mass is 584 g/mol. The van der Waals surface area contributed by atoms with Gasteiger partial charge in [-0.25, -0.2) is 0 Å². The van der Waals surface area contributed by atoms with Crippen molar-refractivity contribution in [1.82, 2.24) is 25.3 Å². The first-order chi connectivity index (χ1) is 17.2. The molecule has 0 radical (unpaired) electrons. The van der Waals surface area contributed by atoms with Crippen LogP contribution in [0.2, 0.25) is 0 Å². The van der Waals surface area contributed by atoms with Gasteiger partial charge in [0.05, 0.1) is 23.3 Å². The summed E-state index contributed by atoms with van der Waals surface area (Å²) in [6, 6.07) is 14.0. The second-order valence-electron chi connectivity index (χ2n) is 8.64. The number of morpholine rings is 1. The molecule has 0 bridgehead atoms. The molecule has 6 rings (SSSR count). The van der Waals surface area contributed by atoms with E-state index in [1.54, 1.807) is 0 Å². The predicted octanol–water partition coefficient (Wildman–Crippen LogP) is 4.53. The SMILES string of the molecule is Ic1c(Nc2cc(C3CC3)[nH]n2)nc(NCc2cc(-c3ccccc3)no2)nc1N1CCOCC1. The summed E-state index contributed by atoms with van der Waals surface area (Å²) in [5.74, 6) is 4.15. The van der Waals surface area contributed by atoms with E-state index in [0.29, 0.717) is 43.2 Å². The molecule has 10 nitrogen and oxygen atoms in total. The maximum Gasteiger partial charge on any atom is 0.227 e. The molecule has 4 heterocycles. The lowest BCUT2D eigenvalue weighted by atomic mass is 10.1. The molecule has 1 saturated carbocycles. The molecule has 35 heavy (non-hydrogen) atoms. The first-order valence-corrected chi connectivity index (χ1v) is 12.8. The Morgan fingerprint density at radius 2 is 1.91 bits per heavy atom. The fourth-order valence-electron chi connectivity index (χ4n) is 4.01. The minimum atomic E-state index is 0.413. The average Bonchev–Trinajstić information content (AvgIpc) is 3.46. The van der Waals surface area contributed by atoms with Gasteiger partial charge in [-0.2, -0.15) is 15.1 Å². The number of H-pyrrole nitrogens is 1. The van der Waals surface area contributed by atoms with Crippen molar-refractivity contribution in [2.75, 3.05) is 41.8 Å². The van der Waals surface area contributed by atoms with Gasteiger partial charge in [0.15, 0.2) is 17.4 Å². The molecule has 1 aliphatic carbocycles. The first kappa shape index (κ1) is 22.3. The number of aromatic amines is 1. The highest BCUT2D eigenvalue weighted by atomic mass is 127. The van der Waals surface area contributed by atoms with E-state index in [0.717, 1.165) is 39.6 Å². The van der Waals surface area contributed by atoms with Crippen molar-refractivity contribution in [3.05, 3.63) is 57.5 Å². The number of hydrogen-bond acceptors (Lipinski definition) is 9. The van der Waals surface area contributed by atoms with Crippen LogP contribution in [0, 0.1) is 3.57 Å². The van der Waals surface area contributed by atoms with Gasteiger partial charge in [-0.15, -0.1) is 0 Å². The Labute approximate surface area is 216 Å². The van der Waals surface area contributed by atoms with Crippen LogP contribution in [0.15, 0.2) is 47.0 Å². The molecule has 3 N–H and O–H groups in total. The molecule has 0 unspecified atom stereocenters. The fraction of sp³-hybridized carbons (Fsp3) is 0.333. The number of benzene rings is 1. The van der Waals surface area contributed by atoms with Crippen molar-refractivity contribution in [3.63, 3.8) is 0 Å². The number of aromatic nitrogens is 5. The zero-order valence-corrected chi connectivity index (χ0v) is 21.2. The lowest BCUT2D eigenvalue weighted by Crippen LogP contribution is -2.37. The summed E-state index contributed by atoms with van der Waals surface area (Å²) >= 11 is 2.30. The standard InChI is InChI=1S/C24H25IN8O2/c25-21-22(27-20-13-18(30-31-20)16-6-7-16)28-24(29-23(21)33-8-10-34-11-9-33)26-14-17-12-19(32-35-17)15-4-2-1-3-5-15/h1-5,12-13,16H,6-11,14H2,(H3,26,27,28,29,30,31). The van der Waals surface area contributed by atoms with Gasteiger partial charge < -0.3 is 24.8 Å². The van der Waals surface area contributed by atoms with E-state index >= 15 is 0 Å². The van der Waals surface area contributed by atoms with Crippen molar-refractivity contribution < 1.29 is 9.26 Å². The van der Waals surface area contributed by atoms with Crippen LogP contribution in [0.25, 0.3) is 11.3 Å². The number of nitrogens with one attached hydrogen (secondary N) is 3. The van der Waals surface area contributed by atoms with Crippen molar-refractivity contribution in [1.29, 1.82) is 0 Å². The molecule has 0 amide bonds. The minimum absolute atomic E-state index is 0.413. The highest BCUT2D eigenvalue weighted by Gasteiger charge is 2.26. The number of halogens is 1. The molecule has 11 heteroatoms. The van der Waals surface area contributed by atoms with Gasteiger partial charge in [-0.3, -0.25) is 5.10 Å². The quantitative estimate of drug-likeness (QED) is 0.257. The zero-order valence-electron chi connectivity index (χ0n) is 19.0. The van der Waals surface area contributed by atoms with Gasteiger partial charge in [0, 0.05) is 42.4 Å². The van der Waals surface area contributed by atoms with E-state index in [1.165, 1.54) is 18.5 Å². The molecule has 0 atom stereocenters. The topological polar surface area (TPSA) is 117 Å². The summed E-state index contributed by atoms with van der Waals surface area (Å²) in [5, 5.41) is 18.5. The van der Waals surface area contributed by atoms with Gasteiger partial charge in [0.1, 0.15) is 11.5 Å². The van der Waals surface area contributed by atoms with Crippen LogP contribution in [0.4, 0.5) is 23.4 Å². The van der Waals surface area contributed by atoms with Gasteiger partial charge in [-0.05, 0) is 35.4 Å². The molecular weight excluding hydrogens is 559 g/mol. The lowest BCUT2D eigenvalue weighted by Gasteiger charge is -2.29. The van der Waals surface area contributed by atoms with Crippen molar-refractivity contribution in [3.8, 4) is 11.3 Å². The number of rotatable bonds is 8. The lowest BCUT2D eigenvalue weighted by molar-refractivity contribution is 0.122. The van der Waals surface area contributed by atoms with Gasteiger partial charge in [0.2, 0.25) is 5.95 Å². The Bertz CT molecular complexity index is 1300. The third-order valence-electron chi connectivity index (χ3n) is 6.05. The number of nitrogens with zero attached hydrogens (tertiary/aromatic N) is 5. The van der Waals surface area contributed by atoms with Crippen molar-refractivity contribution in [2.24, 2.45) is 0 Å². The molecule has 1 saturated heterocycles. The molecule has 3 aromatic heterocycles. The summed E-state index contributed by atoms with van der Waals surface area (Å²) in [5.41, 5.74) is 2.98. The molecule has 2 fully saturated rings. The van der Waals surface area contributed by atoms with Crippen LogP contribution in [0.5, 0.6) is 0 Å². The molecule has 0 spiro atoms. The second-order valence-corrected chi connectivity index (χ2v) is 9.72. The average molecular weight is 584 g/mol. The van der Waals surface area contributed by atoms with Crippen LogP contribution >= 0.6 is 22.6 Å². The van der Waals surface area contributed by atoms with E-state index in [2.05, 4.69) is 59.5 Å². The Balaban J connectivity index is 1.24. The number of ether oxygens (including phenoxy) is 1. The highest BCUT2D eigenvalue weighted by Crippen LogP contribution is 2.40. The summed E-state index contributed by atoms with van der Waals surface area (Å²) < 4.78 is 12.0. The van der Waals surface area contributed by atoms with E-state index in [1.807, 2.05) is 36.4 Å². The molecule has 4 aromatic rings. The van der Waals surface area contributed by atoms with E-state index in [4.69, 9.17) is 19.2 Å². The Morgan fingerprint density at radius 3 is 2.71 bits per heavy atom. The van der Waals surface area contributed by atoms with E-state index in [9.17, 15) is 0 Å². The third kappa shape index (κ3) is 5.10. The number of anilines is 4. The molecule has 1 aromatic carbocycles. The van der Waals surface area contributed by atoms with Gasteiger partial charge in [-0.1, -0.05) is 35.5 Å². The van der Waals surface area contributed by atoms with E-state index in [-0.39, 0.29) is 0 Å². The normalized spacial score (nSPS) is 15.9. The van der Waals surface area contributed by atoms with Crippen molar-refractivity contribution >= 4 is 46.0 Å². The van der Waals surface area contributed by atoms with Crippen LogP contribution in [0.3, 0.4) is 0 Å². The fourth-order valence-corrected chi connectivity index (χ4v) is 4.73. The predicted molar refractivity (Wildman–Crippen MR) is 141 cm³/mol. The summed E-state index contributed by atoms with van der Waals surface area (Å²) in [7, 11) is 0. The molecule has 1 aliphatic heterocycles. The van der Waals surface area contributed by atoms with Crippen LogP contribution in [0.1, 0.15) is 30.2 Å². The maximum absolute atomic E-state index is 5.54. The summed E-state index contributed by atoms with van der Waals surface area (Å²) in [6.07, 6.45) is 2.44. The molecule has 180 valence electrons. The van der Waals surface area contributed by atoms with E-state index < -0.39 is 0 Å². The van der Waals surface area contributed by atoms with Crippen LogP contribution < -0.4 is 15.5 Å². The van der Waals surface area contributed by atoms with Gasteiger partial charge >= 0.3 is 0 Å². The molecular formula is C24H25IN8O2. The van der Waals surface area contributed by atoms with Crippen molar-refractivity contribution in [2.45, 2.75) is 25.3 Å². The Hall–Kier alpha value is -3.19.